The van der Waals surface area contributed by atoms with Gasteiger partial charge in [-0.3, -0.25) is 14.9 Å². The highest BCUT2D eigenvalue weighted by molar-refractivity contribution is 6.07. The summed E-state index contributed by atoms with van der Waals surface area (Å²) in [6.07, 6.45) is 1.68. The maximum absolute atomic E-state index is 13.2. The summed E-state index contributed by atoms with van der Waals surface area (Å²) in [7, 11) is 0. The molecule has 0 bridgehead atoms. The minimum Gasteiger partial charge on any atom is -0.507 e. The molecule has 0 fully saturated rings. The molecule has 0 saturated heterocycles. The number of H-pyrrole nitrogens is 1. The molecule has 2 aromatic carbocycles. The fourth-order valence-electron chi connectivity index (χ4n) is 3.75. The second kappa shape index (κ2) is 7.13. The van der Waals surface area contributed by atoms with E-state index >= 15 is 0 Å². The van der Waals surface area contributed by atoms with Crippen LogP contribution in [-0.2, 0) is 4.79 Å². The molecule has 154 valence electrons. The minimum atomic E-state index is -0.752. The number of rotatable bonds is 3. The van der Waals surface area contributed by atoms with Gasteiger partial charge in [0.25, 0.3) is 5.91 Å². The molecule has 1 aliphatic heterocycles. The standard InChI is InChI=1S/C22H18N6O3/c1-11-19(21(30)25-13-5-7-15-12(9-13)10-23-28-15)20(27-22(31)24-11)17-8-6-14-16(26-17)3-2-4-18(14)29/h2-10,20,29H,1H3,(H,23,28)(H,25,30)(H2,24,27,31). The monoisotopic (exact) mass is 414 g/mol. The van der Waals surface area contributed by atoms with Crippen LogP contribution in [0.2, 0.25) is 0 Å². The zero-order valence-corrected chi connectivity index (χ0v) is 16.4. The van der Waals surface area contributed by atoms with Gasteiger partial charge in [0, 0.05) is 22.2 Å². The lowest BCUT2D eigenvalue weighted by Gasteiger charge is -2.28. The Hall–Kier alpha value is -4.40. The summed E-state index contributed by atoms with van der Waals surface area (Å²) in [5.74, 6) is -0.249. The van der Waals surface area contributed by atoms with E-state index in [1.807, 2.05) is 12.1 Å². The molecular formula is C22H18N6O3. The van der Waals surface area contributed by atoms with Crippen molar-refractivity contribution in [2.24, 2.45) is 0 Å². The third kappa shape index (κ3) is 3.31. The van der Waals surface area contributed by atoms with Gasteiger partial charge in [0.15, 0.2) is 0 Å². The first-order valence-electron chi connectivity index (χ1n) is 9.61. The van der Waals surface area contributed by atoms with Gasteiger partial charge in [-0.1, -0.05) is 6.07 Å². The quantitative estimate of drug-likeness (QED) is 0.351. The van der Waals surface area contributed by atoms with Crippen molar-refractivity contribution in [3.8, 4) is 5.75 Å². The number of aromatic nitrogens is 3. The highest BCUT2D eigenvalue weighted by Gasteiger charge is 2.32. The first kappa shape index (κ1) is 18.6. The lowest BCUT2D eigenvalue weighted by molar-refractivity contribution is -0.113. The van der Waals surface area contributed by atoms with Crippen LogP contribution in [0.4, 0.5) is 10.5 Å². The lowest BCUT2D eigenvalue weighted by atomic mass is 9.97. The van der Waals surface area contributed by atoms with E-state index in [-0.39, 0.29) is 11.7 Å². The average molecular weight is 414 g/mol. The molecule has 3 amide bonds. The van der Waals surface area contributed by atoms with Gasteiger partial charge in [0.1, 0.15) is 11.8 Å². The molecule has 0 radical (unpaired) electrons. The molecule has 1 aliphatic rings. The molecule has 2 aromatic heterocycles. The first-order chi connectivity index (χ1) is 15.0. The van der Waals surface area contributed by atoms with Gasteiger partial charge in [0.05, 0.1) is 28.5 Å². The normalized spacial score (nSPS) is 16.3. The average Bonchev–Trinajstić information content (AvgIpc) is 3.21. The third-order valence-corrected chi connectivity index (χ3v) is 5.24. The number of phenols is 1. The van der Waals surface area contributed by atoms with E-state index in [9.17, 15) is 14.7 Å². The molecule has 1 atom stereocenters. The van der Waals surface area contributed by atoms with Crippen LogP contribution in [0.3, 0.4) is 0 Å². The van der Waals surface area contributed by atoms with Crippen LogP contribution >= 0.6 is 0 Å². The number of urea groups is 1. The number of fused-ring (bicyclic) bond motifs is 2. The summed E-state index contributed by atoms with van der Waals surface area (Å²) in [5.41, 5.74) is 3.30. The minimum absolute atomic E-state index is 0.116. The Morgan fingerprint density at radius 3 is 2.90 bits per heavy atom. The summed E-state index contributed by atoms with van der Waals surface area (Å²) in [5, 5.41) is 26.6. The van der Waals surface area contributed by atoms with Crippen molar-refractivity contribution in [2.75, 3.05) is 5.32 Å². The van der Waals surface area contributed by atoms with E-state index in [0.29, 0.717) is 33.6 Å². The molecule has 1 unspecified atom stereocenters. The predicted octanol–water partition coefficient (Wildman–Crippen LogP) is 3.08. The van der Waals surface area contributed by atoms with Gasteiger partial charge in [0.2, 0.25) is 0 Å². The van der Waals surface area contributed by atoms with Crippen LogP contribution in [-0.4, -0.2) is 32.2 Å². The topological polar surface area (TPSA) is 132 Å². The number of allylic oxidation sites excluding steroid dienone is 1. The van der Waals surface area contributed by atoms with E-state index < -0.39 is 12.1 Å². The van der Waals surface area contributed by atoms with Crippen LogP contribution in [0.15, 0.2) is 66.0 Å². The summed E-state index contributed by atoms with van der Waals surface area (Å²) in [4.78, 5) is 29.9. The van der Waals surface area contributed by atoms with E-state index in [4.69, 9.17) is 0 Å². The van der Waals surface area contributed by atoms with Crippen molar-refractivity contribution in [3.63, 3.8) is 0 Å². The number of aromatic amines is 1. The smallest absolute Gasteiger partial charge is 0.319 e. The Morgan fingerprint density at radius 1 is 1.16 bits per heavy atom. The predicted molar refractivity (Wildman–Crippen MR) is 115 cm³/mol. The number of nitrogens with zero attached hydrogens (tertiary/aromatic N) is 2. The largest absolute Gasteiger partial charge is 0.507 e. The van der Waals surface area contributed by atoms with E-state index in [1.54, 1.807) is 49.5 Å². The highest BCUT2D eigenvalue weighted by atomic mass is 16.3. The van der Waals surface area contributed by atoms with Crippen molar-refractivity contribution in [2.45, 2.75) is 13.0 Å². The Labute approximate surface area is 176 Å². The zero-order valence-electron chi connectivity index (χ0n) is 16.4. The van der Waals surface area contributed by atoms with Crippen molar-refractivity contribution >= 4 is 39.4 Å². The van der Waals surface area contributed by atoms with E-state index in [0.717, 1.165) is 10.9 Å². The molecule has 31 heavy (non-hydrogen) atoms. The third-order valence-electron chi connectivity index (χ3n) is 5.24. The van der Waals surface area contributed by atoms with Crippen molar-refractivity contribution in [1.82, 2.24) is 25.8 Å². The number of aromatic hydroxyl groups is 1. The van der Waals surface area contributed by atoms with Gasteiger partial charge in [-0.2, -0.15) is 5.10 Å². The lowest BCUT2D eigenvalue weighted by Crippen LogP contribution is -2.46. The fourth-order valence-corrected chi connectivity index (χ4v) is 3.75. The van der Waals surface area contributed by atoms with Crippen LogP contribution in [0.5, 0.6) is 5.75 Å². The molecule has 9 heteroatoms. The van der Waals surface area contributed by atoms with E-state index in [2.05, 4.69) is 31.1 Å². The summed E-state index contributed by atoms with van der Waals surface area (Å²) < 4.78 is 0. The first-order valence-corrected chi connectivity index (χ1v) is 9.61. The molecule has 0 spiro atoms. The number of carbonyl (C=O) groups excluding carboxylic acids is 2. The van der Waals surface area contributed by atoms with Gasteiger partial charge in [-0.25, -0.2) is 4.79 Å². The highest BCUT2D eigenvalue weighted by Crippen LogP contribution is 2.30. The number of carbonyl (C=O) groups is 2. The van der Waals surface area contributed by atoms with Crippen LogP contribution in [0.25, 0.3) is 21.8 Å². The number of hydrogen-bond donors (Lipinski definition) is 5. The number of nitrogens with one attached hydrogen (secondary N) is 4. The van der Waals surface area contributed by atoms with Crippen molar-refractivity contribution in [3.05, 3.63) is 71.7 Å². The SMILES string of the molecule is CC1=C(C(=O)Nc2ccc3[nH]ncc3c2)C(c2ccc3c(O)cccc3n2)NC(=O)N1. The van der Waals surface area contributed by atoms with Gasteiger partial charge >= 0.3 is 6.03 Å². The van der Waals surface area contributed by atoms with Crippen molar-refractivity contribution < 1.29 is 14.7 Å². The van der Waals surface area contributed by atoms with Gasteiger partial charge in [-0.05, 0) is 49.4 Å². The van der Waals surface area contributed by atoms with Gasteiger partial charge in [-0.15, -0.1) is 0 Å². The molecule has 9 nitrogen and oxygen atoms in total. The zero-order chi connectivity index (χ0) is 21.5. The molecule has 0 saturated carbocycles. The summed E-state index contributed by atoms with van der Waals surface area (Å²) in [6, 6.07) is 12.7. The maximum Gasteiger partial charge on any atom is 0.319 e. The number of hydrogen-bond acceptors (Lipinski definition) is 5. The van der Waals surface area contributed by atoms with Crippen LogP contribution < -0.4 is 16.0 Å². The van der Waals surface area contributed by atoms with Gasteiger partial charge < -0.3 is 21.1 Å². The Kier molecular flexibility index (Phi) is 4.28. The molecule has 4 aromatic rings. The maximum atomic E-state index is 13.2. The fraction of sp³-hybridized carbons (Fsp3) is 0.0909. The van der Waals surface area contributed by atoms with Crippen LogP contribution in [0, 0.1) is 0 Å². The Balaban J connectivity index is 1.52. The Morgan fingerprint density at radius 2 is 2.03 bits per heavy atom. The molecule has 5 N–H and O–H groups in total. The van der Waals surface area contributed by atoms with E-state index in [1.165, 1.54) is 0 Å². The molecular weight excluding hydrogens is 396 g/mol. The number of anilines is 1. The second-order valence-electron chi connectivity index (χ2n) is 7.28. The number of amides is 3. The number of pyridine rings is 1. The number of benzene rings is 2. The molecule has 3 heterocycles. The molecule has 5 rings (SSSR count). The number of phenolic OH excluding ortho intramolecular Hbond substituents is 1. The second-order valence-corrected chi connectivity index (χ2v) is 7.28. The Bertz CT molecular complexity index is 1390. The van der Waals surface area contributed by atoms with Crippen LogP contribution in [0.1, 0.15) is 18.7 Å². The summed E-state index contributed by atoms with van der Waals surface area (Å²) in [6.45, 7) is 1.67. The molecule has 0 aliphatic carbocycles. The summed E-state index contributed by atoms with van der Waals surface area (Å²) >= 11 is 0. The van der Waals surface area contributed by atoms with Crippen molar-refractivity contribution in [1.29, 1.82) is 0 Å².